The molecule has 3 aromatic rings. The minimum atomic E-state index is -0.681. The highest BCUT2D eigenvalue weighted by Crippen LogP contribution is 2.29. The van der Waals surface area contributed by atoms with Gasteiger partial charge in [-0.25, -0.2) is 14.4 Å². The molecule has 0 spiro atoms. The molecule has 32 heavy (non-hydrogen) atoms. The molecule has 2 aromatic heterocycles. The Hall–Kier alpha value is -3.33. The van der Waals surface area contributed by atoms with Crippen molar-refractivity contribution in [1.29, 1.82) is 0 Å². The van der Waals surface area contributed by atoms with E-state index in [0.717, 1.165) is 35.4 Å². The van der Waals surface area contributed by atoms with Crippen LogP contribution < -0.4 is 10.6 Å². The summed E-state index contributed by atoms with van der Waals surface area (Å²) in [6.45, 7) is 4.91. The van der Waals surface area contributed by atoms with E-state index >= 15 is 0 Å². The molecule has 0 saturated heterocycles. The minimum absolute atomic E-state index is 0.122. The molecule has 2 N–H and O–H groups in total. The molecule has 0 saturated carbocycles. The molecule has 0 unspecified atom stereocenters. The second kappa shape index (κ2) is 9.44. The van der Waals surface area contributed by atoms with Gasteiger partial charge in [0.2, 0.25) is 0 Å². The number of carbonyl (C=O) groups excluding carboxylic acids is 1. The molecule has 1 aliphatic rings. The first-order valence-electron chi connectivity index (χ1n) is 10.7. The molecule has 3 heterocycles. The van der Waals surface area contributed by atoms with Gasteiger partial charge in [-0.2, -0.15) is 0 Å². The van der Waals surface area contributed by atoms with E-state index in [2.05, 4.69) is 28.6 Å². The molecular formula is C23H27FN6O2. The Labute approximate surface area is 185 Å². The van der Waals surface area contributed by atoms with Crippen LogP contribution in [-0.4, -0.2) is 39.4 Å². The number of pyridine rings is 1. The zero-order valence-corrected chi connectivity index (χ0v) is 18.3. The Morgan fingerprint density at radius 1 is 1.28 bits per heavy atom. The van der Waals surface area contributed by atoms with E-state index in [-0.39, 0.29) is 24.8 Å². The van der Waals surface area contributed by atoms with Crippen molar-refractivity contribution in [3.63, 3.8) is 0 Å². The maximum atomic E-state index is 13.2. The Balaban J connectivity index is 1.72. The van der Waals surface area contributed by atoms with Gasteiger partial charge in [-0.1, -0.05) is 25.1 Å². The number of carbonyl (C=O) groups is 1. The van der Waals surface area contributed by atoms with E-state index in [0.29, 0.717) is 23.8 Å². The number of benzene rings is 1. The number of nitrogens with zero attached hydrogens (tertiary/aromatic N) is 5. The third-order valence-electron chi connectivity index (χ3n) is 5.43. The summed E-state index contributed by atoms with van der Waals surface area (Å²) < 4.78 is 14.6. The second-order valence-corrected chi connectivity index (χ2v) is 8.12. The van der Waals surface area contributed by atoms with Gasteiger partial charge in [-0.3, -0.25) is 9.69 Å². The molecule has 1 aromatic carbocycles. The van der Waals surface area contributed by atoms with Gasteiger partial charge in [-0.05, 0) is 42.2 Å². The van der Waals surface area contributed by atoms with Crippen LogP contribution in [0.5, 0.6) is 0 Å². The molecule has 0 bridgehead atoms. The average molecular weight is 439 g/mol. The van der Waals surface area contributed by atoms with Crippen LogP contribution >= 0.6 is 0 Å². The summed E-state index contributed by atoms with van der Waals surface area (Å²) in [5.74, 6) is 1.42. The third-order valence-corrected chi connectivity index (χ3v) is 5.43. The fourth-order valence-corrected chi connectivity index (χ4v) is 3.77. The smallest absolute Gasteiger partial charge is 0.282 e. The van der Waals surface area contributed by atoms with Gasteiger partial charge in [0.1, 0.15) is 24.9 Å². The summed E-state index contributed by atoms with van der Waals surface area (Å²) in [4.78, 5) is 28.9. The van der Waals surface area contributed by atoms with Crippen LogP contribution in [0.25, 0.3) is 11.0 Å². The summed E-state index contributed by atoms with van der Waals surface area (Å²) >= 11 is 0. The fourth-order valence-electron chi connectivity index (χ4n) is 3.77. The van der Waals surface area contributed by atoms with Crippen molar-refractivity contribution in [3.05, 3.63) is 53.5 Å². The van der Waals surface area contributed by atoms with Crippen LogP contribution in [0.1, 0.15) is 37.2 Å². The van der Waals surface area contributed by atoms with E-state index in [1.54, 1.807) is 23.2 Å². The van der Waals surface area contributed by atoms with E-state index < -0.39 is 6.67 Å². The van der Waals surface area contributed by atoms with Crippen molar-refractivity contribution >= 4 is 28.5 Å². The summed E-state index contributed by atoms with van der Waals surface area (Å²) in [6, 6.07) is 9.51. The zero-order chi connectivity index (χ0) is 22.7. The number of aromatic nitrogens is 3. The highest BCUT2D eigenvalue weighted by Gasteiger charge is 2.36. The molecule has 0 fully saturated rings. The van der Waals surface area contributed by atoms with Crippen LogP contribution in [0.4, 0.5) is 10.2 Å². The normalized spacial score (nSPS) is 14.7. The molecule has 0 radical (unpaired) electrons. The number of fused-ring (bicyclic) bond motifs is 2. The number of oxime groups is 1. The predicted octanol–water partition coefficient (Wildman–Crippen LogP) is 3.17. The highest BCUT2D eigenvalue weighted by atomic mass is 19.1. The molecule has 1 aliphatic heterocycles. The maximum Gasteiger partial charge on any atom is 0.282 e. The van der Waals surface area contributed by atoms with Crippen LogP contribution in [0.15, 0.2) is 41.7 Å². The number of aryl methyl sites for hydroxylation is 1. The lowest BCUT2D eigenvalue weighted by atomic mass is 10.1. The van der Waals surface area contributed by atoms with Gasteiger partial charge < -0.3 is 15.1 Å². The third kappa shape index (κ3) is 4.20. The van der Waals surface area contributed by atoms with Crippen LogP contribution in [0, 0.1) is 5.92 Å². The highest BCUT2D eigenvalue weighted by molar-refractivity contribution is 6.53. The number of halogens is 1. The minimum Gasteiger partial charge on any atom is -0.392 e. The summed E-state index contributed by atoms with van der Waals surface area (Å²) in [5.41, 5.74) is 9.35. The number of rotatable bonds is 9. The quantitative estimate of drug-likeness (QED) is 0.409. The van der Waals surface area contributed by atoms with Gasteiger partial charge in [-0.15, -0.1) is 0 Å². The van der Waals surface area contributed by atoms with E-state index in [9.17, 15) is 9.18 Å². The SMILES string of the molecule is CC(C)CCn1c(CN2C(=O)C(=NOCCF)c3cccnc32)nc2cc(CN)ccc21. The van der Waals surface area contributed by atoms with E-state index in [1.165, 1.54) is 0 Å². The van der Waals surface area contributed by atoms with Crippen molar-refractivity contribution in [2.45, 2.75) is 39.9 Å². The van der Waals surface area contributed by atoms with Crippen molar-refractivity contribution in [1.82, 2.24) is 14.5 Å². The Morgan fingerprint density at radius 3 is 2.88 bits per heavy atom. The largest absolute Gasteiger partial charge is 0.392 e. The molecule has 168 valence electrons. The topological polar surface area (TPSA) is 98.6 Å². The van der Waals surface area contributed by atoms with Gasteiger partial charge in [0, 0.05) is 19.3 Å². The first-order valence-corrected chi connectivity index (χ1v) is 10.7. The number of alkyl halides is 1. The number of amides is 1. The van der Waals surface area contributed by atoms with Crippen molar-refractivity contribution in [3.8, 4) is 0 Å². The van der Waals surface area contributed by atoms with E-state index in [1.807, 2.05) is 18.2 Å². The molecular weight excluding hydrogens is 411 g/mol. The lowest BCUT2D eigenvalue weighted by molar-refractivity contribution is -0.112. The van der Waals surface area contributed by atoms with Crippen LogP contribution in [-0.2, 0) is 29.3 Å². The van der Waals surface area contributed by atoms with Gasteiger partial charge in [0.05, 0.1) is 23.1 Å². The Bertz CT molecular complexity index is 1160. The van der Waals surface area contributed by atoms with Gasteiger partial charge in [0.25, 0.3) is 5.91 Å². The molecule has 8 nitrogen and oxygen atoms in total. The van der Waals surface area contributed by atoms with Crippen molar-refractivity contribution in [2.24, 2.45) is 16.8 Å². The predicted molar refractivity (Wildman–Crippen MR) is 121 cm³/mol. The average Bonchev–Trinajstić information content (AvgIpc) is 3.27. The number of imidazole rings is 1. The number of nitrogens with two attached hydrogens (primary N) is 1. The van der Waals surface area contributed by atoms with Crippen molar-refractivity contribution < 1.29 is 14.0 Å². The lowest BCUT2D eigenvalue weighted by Crippen LogP contribution is -2.31. The van der Waals surface area contributed by atoms with Gasteiger partial charge in [0.15, 0.2) is 5.71 Å². The lowest BCUT2D eigenvalue weighted by Gasteiger charge is -2.17. The van der Waals surface area contributed by atoms with Crippen LogP contribution in [0.2, 0.25) is 0 Å². The number of hydrogen-bond acceptors (Lipinski definition) is 6. The summed E-state index contributed by atoms with van der Waals surface area (Å²) in [6.07, 6.45) is 2.60. The van der Waals surface area contributed by atoms with Crippen LogP contribution in [0.3, 0.4) is 0 Å². The van der Waals surface area contributed by atoms with Crippen molar-refractivity contribution in [2.75, 3.05) is 18.2 Å². The first kappa shape index (κ1) is 21.9. The fraction of sp³-hybridized carbons (Fsp3) is 0.391. The Kier molecular flexibility index (Phi) is 6.45. The Morgan fingerprint density at radius 2 is 2.12 bits per heavy atom. The van der Waals surface area contributed by atoms with Gasteiger partial charge >= 0.3 is 0 Å². The summed E-state index contributed by atoms with van der Waals surface area (Å²) in [5, 5.41) is 3.88. The molecule has 0 atom stereocenters. The molecule has 0 aliphatic carbocycles. The first-order chi connectivity index (χ1) is 15.5. The monoisotopic (exact) mass is 438 g/mol. The molecule has 4 rings (SSSR count). The number of hydrogen-bond donors (Lipinski definition) is 1. The zero-order valence-electron chi connectivity index (χ0n) is 18.3. The summed E-state index contributed by atoms with van der Waals surface area (Å²) in [7, 11) is 0. The van der Waals surface area contributed by atoms with E-state index in [4.69, 9.17) is 15.6 Å². The second-order valence-electron chi connectivity index (χ2n) is 8.12. The number of anilines is 1. The molecule has 9 heteroatoms. The standard InChI is InChI=1S/C23H27FN6O2/c1-15(2)7-10-29-19-6-5-16(13-25)12-18(19)27-20(29)14-30-22-17(4-3-9-26-22)21(23(30)31)28-32-11-8-24/h3-6,9,12,15H,7-8,10-11,13-14,25H2,1-2H3. The molecule has 1 amide bonds. The maximum absolute atomic E-state index is 13.2.